The van der Waals surface area contributed by atoms with Crippen molar-refractivity contribution >= 4 is 39.1 Å². The predicted octanol–water partition coefficient (Wildman–Crippen LogP) is 0.0680. The average Bonchev–Trinajstić information content (AvgIpc) is 3.37. The Labute approximate surface area is 206 Å². The van der Waals surface area contributed by atoms with Crippen molar-refractivity contribution in [2.45, 2.75) is 37.7 Å². The summed E-state index contributed by atoms with van der Waals surface area (Å²) < 4.78 is 35.5. The molecule has 1 atom stereocenters. The third-order valence-corrected chi connectivity index (χ3v) is 6.54. The van der Waals surface area contributed by atoms with Gasteiger partial charge in [0, 0.05) is 31.1 Å². The first-order valence-electron chi connectivity index (χ1n) is 9.16. The largest absolute Gasteiger partial charge is 1.00 e. The molecule has 1 amide bonds. The van der Waals surface area contributed by atoms with Crippen LogP contribution in [0.25, 0.3) is 5.32 Å². The van der Waals surface area contributed by atoms with Crippen molar-refractivity contribution in [3.05, 3.63) is 39.5 Å². The van der Waals surface area contributed by atoms with E-state index in [2.05, 4.69) is 20.7 Å². The molecular formula is C18H20ClN4NaO6S. The molecule has 0 aliphatic carbocycles. The zero-order chi connectivity index (χ0) is 21.9. The third-order valence-electron chi connectivity index (χ3n) is 4.38. The fraction of sp³-hybridized carbons (Fsp3) is 0.444. The second-order valence-corrected chi connectivity index (χ2v) is 9.00. The maximum absolute atomic E-state index is 12.7. The van der Waals surface area contributed by atoms with Crippen LogP contribution in [0.2, 0.25) is 5.02 Å². The number of ether oxygens (including phenoxy) is 1. The Morgan fingerprint density at radius 3 is 2.68 bits per heavy atom. The van der Waals surface area contributed by atoms with E-state index >= 15 is 0 Å². The summed E-state index contributed by atoms with van der Waals surface area (Å²) in [7, 11) is -2.14. The van der Waals surface area contributed by atoms with Gasteiger partial charge in [0.15, 0.2) is 27.7 Å². The van der Waals surface area contributed by atoms with Crippen molar-refractivity contribution in [2.24, 2.45) is 5.16 Å². The Morgan fingerprint density at radius 1 is 1.32 bits per heavy atom. The van der Waals surface area contributed by atoms with Crippen molar-refractivity contribution < 1.29 is 56.8 Å². The maximum Gasteiger partial charge on any atom is 1.00 e. The first-order chi connectivity index (χ1) is 14.3. The predicted molar refractivity (Wildman–Crippen MR) is 108 cm³/mol. The van der Waals surface area contributed by atoms with Crippen molar-refractivity contribution in [3.8, 4) is 0 Å². The van der Waals surface area contributed by atoms with Gasteiger partial charge in [-0.1, -0.05) is 30.6 Å². The van der Waals surface area contributed by atoms with Gasteiger partial charge in [0.25, 0.3) is 0 Å². The minimum absolute atomic E-state index is 0. The van der Waals surface area contributed by atoms with Gasteiger partial charge in [-0.15, -0.1) is 0 Å². The van der Waals surface area contributed by atoms with Crippen LogP contribution in [-0.2, 0) is 25.8 Å². The molecule has 1 aromatic carbocycles. The molecule has 0 saturated carbocycles. The van der Waals surface area contributed by atoms with Crippen LogP contribution in [0.1, 0.15) is 42.1 Å². The molecule has 162 valence electrons. The van der Waals surface area contributed by atoms with Gasteiger partial charge < -0.3 is 24.4 Å². The monoisotopic (exact) mass is 478 g/mol. The van der Waals surface area contributed by atoms with Crippen LogP contribution in [0.3, 0.4) is 0 Å². The van der Waals surface area contributed by atoms with Gasteiger partial charge in [-0.05, 0) is 12.1 Å². The summed E-state index contributed by atoms with van der Waals surface area (Å²) in [6.07, 6.45) is 0.388. The minimum Gasteiger partial charge on any atom is -0.449 e. The first-order valence-corrected chi connectivity index (χ1v) is 11.2. The zero-order valence-corrected chi connectivity index (χ0v) is 21.2. The molecule has 13 heteroatoms. The molecule has 0 saturated heterocycles. The van der Waals surface area contributed by atoms with Crippen LogP contribution in [0.4, 0.5) is 6.01 Å². The number of oxime groups is 1. The Morgan fingerprint density at radius 2 is 2.06 bits per heavy atom. The Balaban J connectivity index is 0.00000341. The molecule has 1 unspecified atom stereocenters. The van der Waals surface area contributed by atoms with E-state index in [1.165, 1.54) is 26.2 Å². The summed E-state index contributed by atoms with van der Waals surface area (Å²) in [5.41, 5.74) is 0.420. The van der Waals surface area contributed by atoms with Gasteiger partial charge in [0.1, 0.15) is 6.01 Å². The number of aryl methyl sites for hydroxylation is 1. The number of carbonyl (C=O) groups excluding carboxylic acids is 1. The van der Waals surface area contributed by atoms with Crippen molar-refractivity contribution in [2.75, 3.05) is 19.5 Å². The second kappa shape index (κ2) is 10.9. The summed E-state index contributed by atoms with van der Waals surface area (Å²) >= 11 is 6.50. The molecule has 0 spiro atoms. The average molecular weight is 479 g/mol. The molecule has 1 aliphatic heterocycles. The van der Waals surface area contributed by atoms with E-state index in [0.29, 0.717) is 18.0 Å². The van der Waals surface area contributed by atoms with E-state index in [-0.39, 0.29) is 81.5 Å². The molecule has 2 aromatic rings. The van der Waals surface area contributed by atoms with E-state index in [1.807, 2.05) is 6.92 Å². The Kier molecular flexibility index (Phi) is 9.04. The number of sulfone groups is 1. The third kappa shape index (κ3) is 5.65. The summed E-state index contributed by atoms with van der Waals surface area (Å²) in [4.78, 5) is 17.9. The van der Waals surface area contributed by atoms with Gasteiger partial charge in [-0.3, -0.25) is 4.79 Å². The van der Waals surface area contributed by atoms with Gasteiger partial charge in [-0.2, -0.15) is 0 Å². The SMILES string of the molecule is CCc1nnc([N-]C(=O)c2ccc(S(=O)(=O)CC)c(C3=NOC(COC)C3)c2Cl)o1.[Na+]. The summed E-state index contributed by atoms with van der Waals surface area (Å²) in [6, 6.07) is 2.42. The molecule has 2 heterocycles. The van der Waals surface area contributed by atoms with E-state index < -0.39 is 15.7 Å². The van der Waals surface area contributed by atoms with Gasteiger partial charge in [0.05, 0.1) is 28.0 Å². The van der Waals surface area contributed by atoms with E-state index in [4.69, 9.17) is 25.6 Å². The van der Waals surface area contributed by atoms with Crippen LogP contribution < -0.4 is 29.6 Å². The molecule has 10 nitrogen and oxygen atoms in total. The number of carbonyl (C=O) groups is 1. The number of rotatable bonds is 8. The fourth-order valence-corrected chi connectivity index (χ4v) is 4.37. The van der Waals surface area contributed by atoms with Crippen molar-refractivity contribution in [3.63, 3.8) is 0 Å². The molecular weight excluding hydrogens is 459 g/mol. The number of benzene rings is 1. The number of methoxy groups -OCH3 is 1. The summed E-state index contributed by atoms with van der Waals surface area (Å²) in [5.74, 6) is -0.564. The Hall–Kier alpha value is -1.50. The van der Waals surface area contributed by atoms with Crippen LogP contribution in [0, 0.1) is 0 Å². The first kappa shape index (κ1) is 25.8. The normalized spacial score (nSPS) is 15.7. The molecule has 0 N–H and O–H groups in total. The van der Waals surface area contributed by atoms with Crippen molar-refractivity contribution in [1.29, 1.82) is 0 Å². The van der Waals surface area contributed by atoms with Crippen LogP contribution in [0.5, 0.6) is 0 Å². The second-order valence-electron chi connectivity index (χ2n) is 6.38. The van der Waals surface area contributed by atoms with Crippen LogP contribution >= 0.6 is 11.6 Å². The molecule has 31 heavy (non-hydrogen) atoms. The molecule has 0 fully saturated rings. The van der Waals surface area contributed by atoms with Gasteiger partial charge in [0.2, 0.25) is 0 Å². The number of hydrogen-bond acceptors (Lipinski definition) is 9. The van der Waals surface area contributed by atoms with E-state index in [9.17, 15) is 13.2 Å². The number of hydrogen-bond donors (Lipinski definition) is 0. The quantitative estimate of drug-likeness (QED) is 0.486. The number of halogens is 1. The van der Waals surface area contributed by atoms with Gasteiger partial charge in [-0.25, -0.2) is 13.5 Å². The fourth-order valence-electron chi connectivity index (χ4n) is 2.84. The molecule has 3 rings (SSSR count). The summed E-state index contributed by atoms with van der Waals surface area (Å²) in [5, 5.41) is 15.1. The standard InChI is InChI=1S/C18H21ClN4O6S.Na/c1-4-14-21-22-18(28-14)20-17(24)11-6-7-13(30(25,26)5-2)15(16(11)19)12-8-10(9-27-3)29-23-12;/h6-7,10H,4-5,8-9H2,1-3H3,(H,20,22,24);/q;+1/p-1. The van der Waals surface area contributed by atoms with Crippen molar-refractivity contribution in [1.82, 2.24) is 10.2 Å². The van der Waals surface area contributed by atoms with Gasteiger partial charge >= 0.3 is 29.6 Å². The number of aromatic nitrogens is 2. The molecule has 0 radical (unpaired) electrons. The van der Waals surface area contributed by atoms with E-state index in [0.717, 1.165) is 0 Å². The Bertz CT molecular complexity index is 1090. The minimum atomic E-state index is -3.65. The smallest absolute Gasteiger partial charge is 0.449 e. The zero-order valence-electron chi connectivity index (χ0n) is 17.6. The van der Waals surface area contributed by atoms with E-state index in [1.54, 1.807) is 0 Å². The molecule has 1 aliphatic rings. The molecule has 1 aromatic heterocycles. The topological polar surface area (TPSA) is 135 Å². The maximum atomic E-state index is 12.7. The molecule has 0 bridgehead atoms. The van der Waals surface area contributed by atoms with Crippen LogP contribution in [0.15, 0.2) is 26.6 Å². The summed E-state index contributed by atoms with van der Waals surface area (Å²) in [6.45, 7) is 3.60. The van der Waals surface area contributed by atoms with Crippen LogP contribution in [-0.4, -0.2) is 55.8 Å². The number of amides is 1. The number of nitrogens with zero attached hydrogens (tertiary/aromatic N) is 4.